The van der Waals surface area contributed by atoms with Gasteiger partial charge in [0.1, 0.15) is 0 Å². The number of rotatable bonds is 9. The van der Waals surface area contributed by atoms with Crippen LogP contribution < -0.4 is 15.9 Å². The van der Waals surface area contributed by atoms with Crippen LogP contribution >= 0.6 is 7.14 Å². The first-order chi connectivity index (χ1) is 31.6. The highest BCUT2D eigenvalue weighted by Gasteiger charge is 2.36. The van der Waals surface area contributed by atoms with Gasteiger partial charge in [-0.1, -0.05) is 232 Å². The van der Waals surface area contributed by atoms with Gasteiger partial charge in [0.2, 0.25) is 0 Å². The lowest BCUT2D eigenvalue weighted by molar-refractivity contribution is 0.346. The summed E-state index contributed by atoms with van der Waals surface area (Å²) in [4.78, 5) is 15.2. The number of fused-ring (bicyclic) bond motifs is 2. The lowest BCUT2D eigenvalue weighted by atomic mass is 9.65. The van der Waals surface area contributed by atoms with Crippen LogP contribution in [-0.4, -0.2) is 15.0 Å². The Hall–Kier alpha value is -7.26. The molecule has 0 amide bonds. The van der Waals surface area contributed by atoms with Crippen molar-refractivity contribution in [2.75, 3.05) is 0 Å². The Labute approximate surface area is 374 Å². The second-order valence-corrected chi connectivity index (χ2v) is 19.7. The Morgan fingerprint density at radius 1 is 0.359 bits per heavy atom. The molecule has 0 bridgehead atoms. The molecule has 9 aromatic carbocycles. The summed E-state index contributed by atoms with van der Waals surface area (Å²) in [5.74, 6) is 1.98. The first-order valence-electron chi connectivity index (χ1n) is 22.3. The number of aromatic nitrogens is 3. The number of benzene rings is 9. The van der Waals surface area contributed by atoms with Crippen molar-refractivity contribution in [2.24, 2.45) is 0 Å². The maximum Gasteiger partial charge on any atom is 0.171 e. The maximum absolute atomic E-state index is 15.6. The van der Waals surface area contributed by atoms with Crippen molar-refractivity contribution in [1.29, 1.82) is 0 Å². The van der Waals surface area contributed by atoms with E-state index in [1.807, 2.05) is 78.9 Å². The van der Waals surface area contributed by atoms with E-state index in [-0.39, 0.29) is 5.41 Å². The average molecular weight is 844 g/mol. The van der Waals surface area contributed by atoms with Crippen molar-refractivity contribution in [2.45, 2.75) is 37.5 Å². The second kappa shape index (κ2) is 16.8. The van der Waals surface area contributed by atoms with E-state index in [1.54, 1.807) is 0 Å². The van der Waals surface area contributed by atoms with Gasteiger partial charge in [-0.3, -0.25) is 0 Å². The molecule has 1 aliphatic carbocycles. The van der Waals surface area contributed by atoms with Gasteiger partial charge in [0.25, 0.3) is 0 Å². The van der Waals surface area contributed by atoms with E-state index in [1.165, 1.54) is 30.4 Å². The zero-order chi connectivity index (χ0) is 42.9. The van der Waals surface area contributed by atoms with Crippen LogP contribution in [0, 0.1) is 0 Å². The minimum Gasteiger partial charge on any atom is -0.309 e. The molecule has 0 saturated heterocycles. The molecule has 0 unspecified atom stereocenters. The van der Waals surface area contributed by atoms with Crippen LogP contribution in [0.1, 0.15) is 43.2 Å². The van der Waals surface area contributed by atoms with Gasteiger partial charge in [0.05, 0.1) is 0 Å². The molecule has 0 N–H and O–H groups in total. The van der Waals surface area contributed by atoms with Gasteiger partial charge in [-0.15, -0.1) is 0 Å². The fourth-order valence-corrected chi connectivity index (χ4v) is 12.9. The molecule has 1 aliphatic rings. The van der Waals surface area contributed by atoms with Crippen molar-refractivity contribution in [1.82, 2.24) is 15.0 Å². The van der Waals surface area contributed by atoms with Gasteiger partial charge >= 0.3 is 0 Å². The topological polar surface area (TPSA) is 55.7 Å². The van der Waals surface area contributed by atoms with Crippen molar-refractivity contribution in [3.05, 3.63) is 230 Å². The monoisotopic (exact) mass is 843 g/mol. The molecule has 10 aromatic rings. The minimum atomic E-state index is -3.18. The molecule has 64 heavy (non-hydrogen) atoms. The Morgan fingerprint density at radius 3 is 1.47 bits per heavy atom. The first-order valence-corrected chi connectivity index (χ1v) is 24.0. The third-order valence-corrected chi connectivity index (χ3v) is 16.4. The molecule has 5 heteroatoms. The SMILES string of the molecule is O=P(c1ccccc1)(c1ccccc1)c1ccc(-c2ccc(C3(c4ccc(-c5nc(-c6ccccc6)nc(-c6cccc7ccccc67)n5)cc4)CCCCC3)cc2)c2ccccc12. The molecule has 1 fully saturated rings. The molecule has 1 aromatic heterocycles. The summed E-state index contributed by atoms with van der Waals surface area (Å²) in [5.41, 5.74) is 7.74. The summed E-state index contributed by atoms with van der Waals surface area (Å²) in [5, 5.41) is 6.92. The molecule has 11 rings (SSSR count). The molecular formula is C59H46N3OP. The largest absolute Gasteiger partial charge is 0.309 e. The van der Waals surface area contributed by atoms with Crippen LogP contribution in [0.3, 0.4) is 0 Å². The summed E-state index contributed by atoms with van der Waals surface area (Å²) in [6.07, 6.45) is 5.79. The van der Waals surface area contributed by atoms with Crippen LogP contribution in [0.25, 0.3) is 66.8 Å². The van der Waals surface area contributed by atoms with Gasteiger partial charge in [-0.25, -0.2) is 15.0 Å². The van der Waals surface area contributed by atoms with Crippen LogP contribution in [0.5, 0.6) is 0 Å². The van der Waals surface area contributed by atoms with Crippen molar-refractivity contribution >= 4 is 44.6 Å². The highest BCUT2D eigenvalue weighted by atomic mass is 31.2. The Balaban J connectivity index is 0.960. The highest BCUT2D eigenvalue weighted by Crippen LogP contribution is 2.48. The molecular weight excluding hydrogens is 798 g/mol. The van der Waals surface area contributed by atoms with E-state index in [4.69, 9.17) is 15.0 Å². The molecule has 1 saturated carbocycles. The fraction of sp³-hybridized carbons (Fsp3) is 0.102. The molecule has 4 nitrogen and oxygen atoms in total. The zero-order valence-electron chi connectivity index (χ0n) is 35.5. The summed E-state index contributed by atoms with van der Waals surface area (Å²) in [7, 11) is -3.18. The van der Waals surface area contributed by atoms with Crippen LogP contribution in [0.4, 0.5) is 0 Å². The van der Waals surface area contributed by atoms with Crippen LogP contribution in [0.2, 0.25) is 0 Å². The van der Waals surface area contributed by atoms with Crippen LogP contribution in [-0.2, 0) is 9.98 Å². The molecule has 0 radical (unpaired) electrons. The van der Waals surface area contributed by atoms with E-state index in [0.717, 1.165) is 78.1 Å². The van der Waals surface area contributed by atoms with Crippen molar-refractivity contribution in [3.63, 3.8) is 0 Å². The fourth-order valence-electron chi connectivity index (χ4n) is 10.1. The quantitative estimate of drug-likeness (QED) is 0.136. The van der Waals surface area contributed by atoms with E-state index in [9.17, 15) is 0 Å². The van der Waals surface area contributed by atoms with Gasteiger partial charge in [-0.05, 0) is 62.7 Å². The normalized spacial score (nSPS) is 13.8. The molecule has 0 aliphatic heterocycles. The lowest BCUT2D eigenvalue weighted by Gasteiger charge is -2.39. The van der Waals surface area contributed by atoms with Gasteiger partial charge in [-0.2, -0.15) is 0 Å². The zero-order valence-corrected chi connectivity index (χ0v) is 36.4. The summed E-state index contributed by atoms with van der Waals surface area (Å²) in [6, 6.07) is 75.8. The minimum absolute atomic E-state index is 0.109. The van der Waals surface area contributed by atoms with E-state index >= 15 is 4.57 Å². The molecule has 1 heterocycles. The number of nitrogens with zero attached hydrogens (tertiary/aromatic N) is 3. The summed E-state index contributed by atoms with van der Waals surface area (Å²) < 4.78 is 15.6. The standard InChI is InChI=1S/C59H46N3OP/c63-64(48-22-7-2-8-23-48,49-24-9-3-10-25-49)55-39-38-51(52-27-13-14-28-53(52)55)43-30-34-46(35-31-43)59(40-15-4-16-41-59)47-36-32-45(33-37-47)57-60-56(44-19-5-1-6-20-44)61-58(62-57)54-29-17-21-42-18-11-12-26-50(42)54/h1-3,5-14,17-39H,4,15-16,40-41H2. The third-order valence-electron chi connectivity index (χ3n) is 13.3. The summed E-state index contributed by atoms with van der Waals surface area (Å²) in [6.45, 7) is 0. The summed E-state index contributed by atoms with van der Waals surface area (Å²) >= 11 is 0. The number of hydrogen-bond donors (Lipinski definition) is 0. The lowest BCUT2D eigenvalue weighted by Crippen LogP contribution is -2.30. The van der Waals surface area contributed by atoms with E-state index in [2.05, 4.69) is 140 Å². The van der Waals surface area contributed by atoms with E-state index in [0.29, 0.717) is 17.5 Å². The predicted molar refractivity (Wildman–Crippen MR) is 266 cm³/mol. The van der Waals surface area contributed by atoms with Crippen molar-refractivity contribution in [3.8, 4) is 45.3 Å². The van der Waals surface area contributed by atoms with Gasteiger partial charge in [0, 0.05) is 38.0 Å². The molecule has 0 atom stereocenters. The van der Waals surface area contributed by atoms with Crippen LogP contribution in [0.15, 0.2) is 218 Å². The average Bonchev–Trinajstić information content (AvgIpc) is 3.39. The Morgan fingerprint density at radius 2 is 0.844 bits per heavy atom. The number of hydrogen-bond acceptors (Lipinski definition) is 4. The maximum atomic E-state index is 15.6. The molecule has 308 valence electrons. The predicted octanol–water partition coefficient (Wildman–Crippen LogP) is 13.7. The smallest absolute Gasteiger partial charge is 0.171 e. The van der Waals surface area contributed by atoms with Crippen molar-refractivity contribution < 1.29 is 4.57 Å². The Bertz CT molecular complexity index is 3260. The van der Waals surface area contributed by atoms with Gasteiger partial charge in [0.15, 0.2) is 24.6 Å². The third kappa shape index (κ3) is 7.05. The second-order valence-electron chi connectivity index (χ2n) is 17.0. The molecule has 0 spiro atoms. The first kappa shape index (κ1) is 39.6. The van der Waals surface area contributed by atoms with E-state index < -0.39 is 7.14 Å². The highest BCUT2D eigenvalue weighted by molar-refractivity contribution is 7.85. The Kier molecular flexibility index (Phi) is 10.4. The van der Waals surface area contributed by atoms with Gasteiger partial charge < -0.3 is 4.57 Å².